The van der Waals surface area contributed by atoms with Gasteiger partial charge in [-0.1, -0.05) is 6.07 Å². The molecular weight excluding hydrogens is 349 g/mol. The normalized spacial score (nSPS) is 11.6. The highest BCUT2D eigenvalue weighted by Gasteiger charge is 2.23. The number of halogens is 2. The molecule has 1 aromatic carbocycles. The number of hydrogen-bond acceptors (Lipinski definition) is 4. The predicted molar refractivity (Wildman–Crippen MR) is 74.2 cm³/mol. The van der Waals surface area contributed by atoms with Crippen LogP contribution in [0.15, 0.2) is 22.7 Å². The van der Waals surface area contributed by atoms with Crippen LogP contribution in [0.25, 0.3) is 0 Å². The van der Waals surface area contributed by atoms with Crippen molar-refractivity contribution in [2.24, 2.45) is 0 Å². The first-order valence-electron chi connectivity index (χ1n) is 5.91. The van der Waals surface area contributed by atoms with Gasteiger partial charge in [0.25, 0.3) is 5.91 Å². The molecule has 1 rings (SSSR count). The Morgan fingerprint density at radius 3 is 2.67 bits per heavy atom. The Morgan fingerprint density at radius 1 is 1.43 bits per heavy atom. The number of carbonyl (C=O) groups is 3. The molecule has 0 spiro atoms. The quantitative estimate of drug-likeness (QED) is 0.752. The first-order valence-corrected chi connectivity index (χ1v) is 6.70. The van der Waals surface area contributed by atoms with Crippen molar-refractivity contribution in [3.05, 3.63) is 34.1 Å². The maximum atomic E-state index is 13.3. The average molecular weight is 362 g/mol. The lowest BCUT2D eigenvalue weighted by Crippen LogP contribution is -2.41. The summed E-state index contributed by atoms with van der Waals surface area (Å²) < 4.78 is 17.7. The van der Waals surface area contributed by atoms with Crippen molar-refractivity contribution >= 4 is 33.8 Å². The van der Waals surface area contributed by atoms with Crippen LogP contribution < -0.4 is 5.32 Å². The summed E-state index contributed by atoms with van der Waals surface area (Å²) >= 11 is 2.92. The van der Waals surface area contributed by atoms with Crippen molar-refractivity contribution < 1.29 is 28.6 Å². The second-order valence-corrected chi connectivity index (χ2v) is 4.87. The molecule has 6 nitrogen and oxygen atoms in total. The summed E-state index contributed by atoms with van der Waals surface area (Å²) in [5.74, 6) is -3.26. The Bertz CT molecular complexity index is 563. The van der Waals surface area contributed by atoms with Crippen LogP contribution in [-0.2, 0) is 14.3 Å². The summed E-state index contributed by atoms with van der Waals surface area (Å²) in [4.78, 5) is 34.0. The summed E-state index contributed by atoms with van der Waals surface area (Å²) in [5, 5.41) is 11.3. The molecule has 8 heteroatoms. The van der Waals surface area contributed by atoms with E-state index in [2.05, 4.69) is 26.0 Å². The van der Waals surface area contributed by atoms with Gasteiger partial charge in [-0.2, -0.15) is 0 Å². The molecule has 0 radical (unpaired) electrons. The van der Waals surface area contributed by atoms with E-state index >= 15 is 0 Å². The van der Waals surface area contributed by atoms with E-state index in [0.29, 0.717) is 0 Å². The van der Waals surface area contributed by atoms with Crippen LogP contribution in [0.2, 0.25) is 0 Å². The second-order valence-electron chi connectivity index (χ2n) is 4.08. The van der Waals surface area contributed by atoms with Crippen molar-refractivity contribution in [3.8, 4) is 0 Å². The van der Waals surface area contributed by atoms with E-state index in [0.717, 1.165) is 6.07 Å². The smallest absolute Gasteiger partial charge is 0.326 e. The molecule has 0 saturated carbocycles. The van der Waals surface area contributed by atoms with Gasteiger partial charge in [0.2, 0.25) is 0 Å². The van der Waals surface area contributed by atoms with Crippen LogP contribution in [0, 0.1) is 5.82 Å². The molecule has 0 aliphatic carbocycles. The zero-order chi connectivity index (χ0) is 16.0. The third kappa shape index (κ3) is 4.82. The number of carbonyl (C=O) groups excluding carboxylic acids is 2. The van der Waals surface area contributed by atoms with Gasteiger partial charge in [0.15, 0.2) is 0 Å². The minimum Gasteiger partial charge on any atom is -0.480 e. The highest BCUT2D eigenvalue weighted by atomic mass is 79.9. The number of aliphatic carboxylic acids is 1. The number of benzene rings is 1. The van der Waals surface area contributed by atoms with Crippen molar-refractivity contribution in [2.45, 2.75) is 18.9 Å². The first-order chi connectivity index (χ1) is 9.86. The highest BCUT2D eigenvalue weighted by molar-refractivity contribution is 9.10. The number of carboxylic acid groups (broad SMARTS) is 1. The maximum absolute atomic E-state index is 13.3. The zero-order valence-corrected chi connectivity index (χ0v) is 12.6. The Morgan fingerprint density at radius 2 is 2.10 bits per heavy atom. The molecule has 1 atom stereocenters. The summed E-state index contributed by atoms with van der Waals surface area (Å²) in [6.07, 6.45) is -0.279. The van der Waals surface area contributed by atoms with Gasteiger partial charge in [0.1, 0.15) is 11.9 Å². The highest BCUT2D eigenvalue weighted by Crippen LogP contribution is 2.20. The summed E-state index contributed by atoms with van der Waals surface area (Å²) in [7, 11) is 1.18. The molecule has 0 saturated heterocycles. The third-order valence-electron chi connectivity index (χ3n) is 2.66. The van der Waals surface area contributed by atoms with Gasteiger partial charge in [-0.15, -0.1) is 0 Å². The van der Waals surface area contributed by atoms with E-state index in [1.165, 1.54) is 19.2 Å². The molecule has 0 fully saturated rings. The van der Waals surface area contributed by atoms with Crippen LogP contribution >= 0.6 is 15.9 Å². The molecule has 114 valence electrons. The molecule has 0 heterocycles. The second kappa shape index (κ2) is 7.72. The number of ether oxygens (including phenoxy) is 1. The monoisotopic (exact) mass is 361 g/mol. The molecule has 0 bridgehead atoms. The van der Waals surface area contributed by atoms with Crippen molar-refractivity contribution in [2.75, 3.05) is 7.11 Å². The van der Waals surface area contributed by atoms with Crippen LogP contribution in [0.5, 0.6) is 0 Å². The molecule has 2 N–H and O–H groups in total. The molecule has 1 amide bonds. The summed E-state index contributed by atoms with van der Waals surface area (Å²) in [6.45, 7) is 0. The lowest BCUT2D eigenvalue weighted by molar-refractivity contribution is -0.142. The third-order valence-corrected chi connectivity index (χ3v) is 3.47. The van der Waals surface area contributed by atoms with Crippen molar-refractivity contribution in [3.63, 3.8) is 0 Å². The van der Waals surface area contributed by atoms with E-state index in [9.17, 15) is 18.8 Å². The number of esters is 1. The lowest BCUT2D eigenvalue weighted by Gasteiger charge is -2.14. The number of amides is 1. The minimum atomic E-state index is -1.29. The molecular formula is C13H13BrFNO5. The zero-order valence-electron chi connectivity index (χ0n) is 11.1. The Hall–Kier alpha value is -1.96. The van der Waals surface area contributed by atoms with Gasteiger partial charge < -0.3 is 15.2 Å². The minimum absolute atomic E-state index is 0.0284. The van der Waals surface area contributed by atoms with Crippen LogP contribution in [0.3, 0.4) is 0 Å². The fourth-order valence-corrected chi connectivity index (χ4v) is 1.98. The lowest BCUT2D eigenvalue weighted by atomic mass is 10.1. The van der Waals surface area contributed by atoms with Crippen molar-refractivity contribution in [1.29, 1.82) is 0 Å². The molecule has 0 aliphatic heterocycles. The molecule has 21 heavy (non-hydrogen) atoms. The number of nitrogens with one attached hydrogen (secondary N) is 1. The fourth-order valence-electron chi connectivity index (χ4n) is 1.54. The van der Waals surface area contributed by atoms with E-state index in [1.807, 2.05) is 0 Å². The van der Waals surface area contributed by atoms with E-state index in [4.69, 9.17) is 5.11 Å². The molecule has 0 aliphatic rings. The fraction of sp³-hybridized carbons (Fsp3) is 0.308. The molecule has 1 unspecified atom stereocenters. The van der Waals surface area contributed by atoms with Gasteiger partial charge in [-0.3, -0.25) is 9.59 Å². The van der Waals surface area contributed by atoms with E-state index in [-0.39, 0.29) is 22.9 Å². The number of hydrogen-bond donors (Lipinski definition) is 2. The Labute approximate surface area is 128 Å². The van der Waals surface area contributed by atoms with Crippen LogP contribution in [-0.4, -0.2) is 36.1 Å². The predicted octanol–water partition coefficient (Wildman–Crippen LogP) is 1.72. The Kier molecular flexibility index (Phi) is 6.29. The van der Waals surface area contributed by atoms with Gasteiger partial charge in [-0.05, 0) is 34.5 Å². The van der Waals surface area contributed by atoms with Crippen LogP contribution in [0.4, 0.5) is 4.39 Å². The van der Waals surface area contributed by atoms with E-state index < -0.39 is 29.7 Å². The standard InChI is InChI=1S/C13H13BrFNO5/c1-21-10(17)6-5-9(13(19)20)16-12(18)7-3-2-4-8(15)11(7)14/h2-4,9H,5-6H2,1H3,(H,16,18)(H,19,20). The Balaban J connectivity index is 2.79. The summed E-state index contributed by atoms with van der Waals surface area (Å²) in [5.41, 5.74) is -0.0284. The largest absolute Gasteiger partial charge is 0.480 e. The SMILES string of the molecule is COC(=O)CCC(NC(=O)c1cccc(F)c1Br)C(=O)O. The number of carboxylic acids is 1. The van der Waals surface area contributed by atoms with E-state index in [1.54, 1.807) is 0 Å². The van der Waals surface area contributed by atoms with Crippen LogP contribution in [0.1, 0.15) is 23.2 Å². The number of rotatable bonds is 6. The van der Waals surface area contributed by atoms with Gasteiger partial charge in [0, 0.05) is 6.42 Å². The van der Waals surface area contributed by atoms with Crippen molar-refractivity contribution in [1.82, 2.24) is 5.32 Å². The topological polar surface area (TPSA) is 92.7 Å². The number of methoxy groups -OCH3 is 1. The molecule has 1 aromatic rings. The summed E-state index contributed by atoms with van der Waals surface area (Å²) in [6, 6.07) is 2.57. The van der Waals surface area contributed by atoms with Gasteiger partial charge in [-0.25, -0.2) is 9.18 Å². The average Bonchev–Trinajstić information content (AvgIpc) is 2.45. The molecule has 0 aromatic heterocycles. The maximum Gasteiger partial charge on any atom is 0.326 e. The van der Waals surface area contributed by atoms with Gasteiger partial charge in [0.05, 0.1) is 17.1 Å². The van der Waals surface area contributed by atoms with Gasteiger partial charge >= 0.3 is 11.9 Å². The first kappa shape index (κ1) is 17.1.